The maximum absolute atomic E-state index is 3.59. The monoisotopic (exact) mass is 213 g/mol. The Bertz CT molecular complexity index is 368. The summed E-state index contributed by atoms with van der Waals surface area (Å²) in [5.41, 5.74) is 1.39. The van der Waals surface area contributed by atoms with Crippen LogP contribution in [0.2, 0.25) is 0 Å². The fourth-order valence-electron chi connectivity index (χ4n) is 3.13. The quantitative estimate of drug-likeness (QED) is 0.758. The van der Waals surface area contributed by atoms with Crippen molar-refractivity contribution in [3.05, 3.63) is 48.0 Å². The van der Waals surface area contributed by atoms with Crippen LogP contribution in [0, 0.1) is 17.8 Å². The second-order valence-electron chi connectivity index (χ2n) is 5.16. The fourth-order valence-corrected chi connectivity index (χ4v) is 3.13. The van der Waals surface area contributed by atoms with Crippen LogP contribution in [-0.4, -0.2) is 6.54 Å². The average molecular weight is 213 g/mol. The second-order valence-corrected chi connectivity index (χ2v) is 5.16. The van der Waals surface area contributed by atoms with E-state index in [2.05, 4.69) is 47.8 Å². The van der Waals surface area contributed by atoms with Gasteiger partial charge in [0.15, 0.2) is 0 Å². The third-order valence-corrected chi connectivity index (χ3v) is 3.99. The maximum atomic E-state index is 3.59. The topological polar surface area (TPSA) is 12.0 Å². The molecule has 0 amide bonds. The van der Waals surface area contributed by atoms with Crippen molar-refractivity contribution >= 4 is 0 Å². The van der Waals surface area contributed by atoms with E-state index in [-0.39, 0.29) is 0 Å². The molecule has 1 fully saturated rings. The standard InChI is InChI=1S/C15H19N/c1-2-4-12(5-3-1)10-16-11-15-9-13-6-7-14(15)8-13/h1-7,13-16H,8-11H2/t13-,14-,15+/m0/s1. The lowest BCUT2D eigenvalue weighted by molar-refractivity contribution is 0.414. The minimum Gasteiger partial charge on any atom is -0.312 e. The van der Waals surface area contributed by atoms with Crippen LogP contribution in [0.25, 0.3) is 0 Å². The molecule has 0 spiro atoms. The number of nitrogens with one attached hydrogen (secondary N) is 1. The van der Waals surface area contributed by atoms with Gasteiger partial charge < -0.3 is 5.32 Å². The summed E-state index contributed by atoms with van der Waals surface area (Å²) >= 11 is 0. The molecule has 1 nitrogen and oxygen atoms in total. The van der Waals surface area contributed by atoms with Gasteiger partial charge in [-0.2, -0.15) is 0 Å². The highest BCUT2D eigenvalue weighted by atomic mass is 14.9. The third-order valence-electron chi connectivity index (χ3n) is 3.99. The molecular formula is C15H19N. The van der Waals surface area contributed by atoms with Crippen LogP contribution in [0.5, 0.6) is 0 Å². The Morgan fingerprint density at radius 2 is 1.94 bits per heavy atom. The summed E-state index contributed by atoms with van der Waals surface area (Å²) < 4.78 is 0. The molecule has 0 saturated heterocycles. The smallest absolute Gasteiger partial charge is 0.0205 e. The summed E-state index contributed by atoms with van der Waals surface area (Å²) in [5.74, 6) is 2.65. The Kier molecular flexibility index (Phi) is 2.79. The molecule has 0 heterocycles. The van der Waals surface area contributed by atoms with Crippen molar-refractivity contribution < 1.29 is 0 Å². The van der Waals surface area contributed by atoms with Gasteiger partial charge in [0.2, 0.25) is 0 Å². The Labute approximate surface area is 97.6 Å². The van der Waals surface area contributed by atoms with Gasteiger partial charge in [-0.1, -0.05) is 42.5 Å². The van der Waals surface area contributed by atoms with E-state index in [1.54, 1.807) is 0 Å². The largest absolute Gasteiger partial charge is 0.312 e. The molecule has 1 N–H and O–H groups in total. The zero-order chi connectivity index (χ0) is 10.8. The zero-order valence-corrected chi connectivity index (χ0v) is 9.60. The Morgan fingerprint density at radius 3 is 2.62 bits per heavy atom. The summed E-state index contributed by atoms with van der Waals surface area (Å²) in [6, 6.07) is 10.7. The predicted octanol–water partition coefficient (Wildman–Crippen LogP) is 2.99. The van der Waals surface area contributed by atoms with Crippen LogP contribution in [0.3, 0.4) is 0 Å². The molecule has 0 radical (unpaired) electrons. The van der Waals surface area contributed by atoms with E-state index < -0.39 is 0 Å². The molecule has 2 aliphatic carbocycles. The van der Waals surface area contributed by atoms with Crippen molar-refractivity contribution in [1.29, 1.82) is 0 Å². The van der Waals surface area contributed by atoms with E-state index in [1.807, 2.05) is 0 Å². The van der Waals surface area contributed by atoms with Gasteiger partial charge in [0.25, 0.3) is 0 Å². The second kappa shape index (κ2) is 4.42. The summed E-state index contributed by atoms with van der Waals surface area (Å²) in [6.45, 7) is 2.19. The molecule has 3 atom stereocenters. The van der Waals surface area contributed by atoms with E-state index in [0.29, 0.717) is 0 Å². The van der Waals surface area contributed by atoms with Crippen LogP contribution >= 0.6 is 0 Å². The molecule has 1 aromatic carbocycles. The first-order valence-corrected chi connectivity index (χ1v) is 6.35. The minimum absolute atomic E-state index is 0.869. The van der Waals surface area contributed by atoms with Crippen molar-refractivity contribution in [2.45, 2.75) is 19.4 Å². The maximum Gasteiger partial charge on any atom is 0.0205 e. The number of rotatable bonds is 4. The SMILES string of the molecule is C1=C[C@H]2C[C@H]1C[C@@H]2CNCc1ccccc1. The molecule has 3 rings (SSSR count). The molecule has 1 saturated carbocycles. The van der Waals surface area contributed by atoms with Crippen LogP contribution in [0.1, 0.15) is 18.4 Å². The highest BCUT2D eigenvalue weighted by Crippen LogP contribution is 2.42. The fraction of sp³-hybridized carbons (Fsp3) is 0.467. The number of fused-ring (bicyclic) bond motifs is 2. The van der Waals surface area contributed by atoms with Gasteiger partial charge in [-0.3, -0.25) is 0 Å². The predicted molar refractivity (Wildman–Crippen MR) is 67.0 cm³/mol. The third kappa shape index (κ3) is 2.05. The Morgan fingerprint density at radius 1 is 1.06 bits per heavy atom. The number of allylic oxidation sites excluding steroid dienone is 2. The normalized spacial score (nSPS) is 31.1. The Hall–Kier alpha value is -1.08. The first-order chi connectivity index (χ1) is 7.92. The highest BCUT2D eigenvalue weighted by Gasteiger charge is 2.34. The van der Waals surface area contributed by atoms with Crippen molar-refractivity contribution in [2.75, 3.05) is 6.54 Å². The molecule has 2 bridgehead atoms. The minimum atomic E-state index is 0.869. The molecule has 84 valence electrons. The van der Waals surface area contributed by atoms with Gasteiger partial charge in [-0.25, -0.2) is 0 Å². The van der Waals surface area contributed by atoms with Gasteiger partial charge in [0.1, 0.15) is 0 Å². The van der Waals surface area contributed by atoms with E-state index in [9.17, 15) is 0 Å². The number of hydrogen-bond donors (Lipinski definition) is 1. The average Bonchev–Trinajstić information content (AvgIpc) is 2.92. The highest BCUT2D eigenvalue weighted by molar-refractivity contribution is 5.14. The van der Waals surface area contributed by atoms with Crippen molar-refractivity contribution in [3.8, 4) is 0 Å². The Balaban J connectivity index is 1.46. The zero-order valence-electron chi connectivity index (χ0n) is 9.60. The lowest BCUT2D eigenvalue weighted by atomic mass is 9.93. The molecule has 1 heteroatoms. The van der Waals surface area contributed by atoms with E-state index >= 15 is 0 Å². The van der Waals surface area contributed by atoms with E-state index in [0.717, 1.165) is 24.3 Å². The first kappa shape index (κ1) is 10.1. The van der Waals surface area contributed by atoms with Gasteiger partial charge in [0.05, 0.1) is 0 Å². The van der Waals surface area contributed by atoms with E-state index in [4.69, 9.17) is 0 Å². The van der Waals surface area contributed by atoms with Gasteiger partial charge in [-0.15, -0.1) is 0 Å². The van der Waals surface area contributed by atoms with Crippen LogP contribution in [0.15, 0.2) is 42.5 Å². The number of hydrogen-bond acceptors (Lipinski definition) is 1. The molecule has 0 aromatic heterocycles. The van der Waals surface area contributed by atoms with Gasteiger partial charge >= 0.3 is 0 Å². The van der Waals surface area contributed by atoms with Crippen molar-refractivity contribution in [3.63, 3.8) is 0 Å². The molecule has 16 heavy (non-hydrogen) atoms. The lowest BCUT2D eigenvalue weighted by Crippen LogP contribution is -2.25. The first-order valence-electron chi connectivity index (χ1n) is 6.35. The van der Waals surface area contributed by atoms with E-state index in [1.165, 1.54) is 24.9 Å². The van der Waals surface area contributed by atoms with Crippen molar-refractivity contribution in [1.82, 2.24) is 5.32 Å². The molecule has 0 aliphatic heterocycles. The molecule has 1 aromatic rings. The summed E-state index contributed by atoms with van der Waals surface area (Å²) in [5, 5.41) is 3.59. The van der Waals surface area contributed by atoms with Crippen LogP contribution in [0.4, 0.5) is 0 Å². The summed E-state index contributed by atoms with van der Waals surface area (Å²) in [4.78, 5) is 0. The molecular weight excluding hydrogens is 194 g/mol. The summed E-state index contributed by atoms with van der Waals surface area (Å²) in [6.07, 6.45) is 7.67. The lowest BCUT2D eigenvalue weighted by Gasteiger charge is -2.18. The van der Waals surface area contributed by atoms with Crippen molar-refractivity contribution in [2.24, 2.45) is 17.8 Å². The molecule has 2 aliphatic rings. The van der Waals surface area contributed by atoms with Gasteiger partial charge in [0, 0.05) is 6.54 Å². The van der Waals surface area contributed by atoms with Gasteiger partial charge in [-0.05, 0) is 42.7 Å². The molecule has 0 unspecified atom stereocenters. The number of benzene rings is 1. The summed E-state index contributed by atoms with van der Waals surface area (Å²) in [7, 11) is 0. The van der Waals surface area contributed by atoms with Crippen LogP contribution in [-0.2, 0) is 6.54 Å². The van der Waals surface area contributed by atoms with Crippen LogP contribution < -0.4 is 5.32 Å².